The lowest BCUT2D eigenvalue weighted by Crippen LogP contribution is -2.17. The molecule has 2 N–H and O–H groups in total. The molecule has 0 saturated heterocycles. The first-order valence-electron chi connectivity index (χ1n) is 7.83. The summed E-state index contributed by atoms with van der Waals surface area (Å²) >= 11 is 0. The molecule has 1 aromatic heterocycles. The van der Waals surface area contributed by atoms with E-state index in [4.69, 9.17) is 0 Å². The lowest BCUT2D eigenvalue weighted by Gasteiger charge is -2.24. The fraction of sp³-hybridized carbons (Fsp3) is 0.222. The van der Waals surface area contributed by atoms with Crippen LogP contribution in [0.15, 0.2) is 48.5 Å². The van der Waals surface area contributed by atoms with E-state index in [-0.39, 0.29) is 16.7 Å². The maximum atomic E-state index is 10.7. The maximum absolute atomic E-state index is 10.7. The van der Waals surface area contributed by atoms with Crippen LogP contribution in [0.25, 0.3) is 10.9 Å². The summed E-state index contributed by atoms with van der Waals surface area (Å²) < 4.78 is 0. The van der Waals surface area contributed by atoms with E-state index in [1.165, 1.54) is 34.3 Å². The van der Waals surface area contributed by atoms with Crippen LogP contribution < -0.4 is 5.32 Å². The average molecular weight is 307 g/mol. The second kappa shape index (κ2) is 5.43. The Morgan fingerprint density at radius 2 is 1.91 bits per heavy atom. The third-order valence-corrected chi connectivity index (χ3v) is 4.53. The van der Waals surface area contributed by atoms with Crippen LogP contribution in [-0.2, 0) is 6.42 Å². The highest BCUT2D eigenvalue weighted by atomic mass is 16.6. The first kappa shape index (κ1) is 13.8. The summed E-state index contributed by atoms with van der Waals surface area (Å²) in [6.07, 6.45) is 3.29. The highest BCUT2D eigenvalue weighted by Crippen LogP contribution is 2.36. The van der Waals surface area contributed by atoms with Gasteiger partial charge >= 0.3 is 0 Å². The number of nitro benzene ring substituents is 1. The van der Waals surface area contributed by atoms with E-state index in [1.54, 1.807) is 12.1 Å². The molecule has 116 valence electrons. The number of aromatic nitrogens is 1. The fourth-order valence-electron chi connectivity index (χ4n) is 3.44. The highest BCUT2D eigenvalue weighted by molar-refractivity contribution is 5.85. The lowest BCUT2D eigenvalue weighted by molar-refractivity contribution is -0.384. The molecule has 2 aromatic carbocycles. The van der Waals surface area contributed by atoms with Gasteiger partial charge in [-0.3, -0.25) is 10.1 Å². The van der Waals surface area contributed by atoms with Crippen molar-refractivity contribution in [2.24, 2.45) is 0 Å². The van der Waals surface area contributed by atoms with Crippen molar-refractivity contribution in [2.75, 3.05) is 5.32 Å². The van der Waals surface area contributed by atoms with Gasteiger partial charge in [0, 0.05) is 34.4 Å². The molecule has 3 aromatic rings. The summed E-state index contributed by atoms with van der Waals surface area (Å²) in [6, 6.07) is 15.2. The topological polar surface area (TPSA) is 71.0 Å². The summed E-state index contributed by atoms with van der Waals surface area (Å²) in [6.45, 7) is 0. The molecular formula is C18H17N3O2. The zero-order valence-corrected chi connectivity index (χ0v) is 12.6. The Bertz CT molecular complexity index is 868. The van der Waals surface area contributed by atoms with E-state index in [0.29, 0.717) is 0 Å². The minimum absolute atomic E-state index is 0.116. The Kier molecular flexibility index (Phi) is 3.26. The third kappa shape index (κ3) is 2.44. The number of non-ortho nitro benzene ring substituents is 1. The second-order valence-electron chi connectivity index (χ2n) is 5.96. The molecule has 1 aliphatic rings. The number of aryl methyl sites for hydroxylation is 1. The molecule has 1 atom stereocenters. The van der Waals surface area contributed by atoms with Crippen LogP contribution in [0.1, 0.15) is 30.1 Å². The van der Waals surface area contributed by atoms with Crippen molar-refractivity contribution in [3.8, 4) is 0 Å². The predicted molar refractivity (Wildman–Crippen MR) is 90.7 cm³/mol. The molecule has 0 spiro atoms. The number of aromatic amines is 1. The summed E-state index contributed by atoms with van der Waals surface area (Å²) in [5, 5.41) is 15.6. The van der Waals surface area contributed by atoms with Crippen molar-refractivity contribution < 1.29 is 4.92 Å². The predicted octanol–water partition coefficient (Wildman–Crippen LogP) is 4.57. The molecular weight excluding hydrogens is 290 g/mol. The van der Waals surface area contributed by atoms with Crippen molar-refractivity contribution in [1.29, 1.82) is 0 Å². The largest absolute Gasteiger partial charge is 0.377 e. The Morgan fingerprint density at radius 3 is 2.70 bits per heavy atom. The van der Waals surface area contributed by atoms with Gasteiger partial charge in [0.15, 0.2) is 0 Å². The van der Waals surface area contributed by atoms with Gasteiger partial charge in [0.1, 0.15) is 0 Å². The van der Waals surface area contributed by atoms with Gasteiger partial charge in [-0.2, -0.15) is 0 Å². The second-order valence-corrected chi connectivity index (χ2v) is 5.96. The Hall–Kier alpha value is -2.82. The Labute approximate surface area is 133 Å². The SMILES string of the molecule is O=[N+]([O-])c1ccc(NC2CCCc3c2[nH]c2ccccc32)cc1. The number of hydrogen-bond donors (Lipinski definition) is 2. The number of H-pyrrole nitrogens is 1. The molecule has 23 heavy (non-hydrogen) atoms. The zero-order valence-electron chi connectivity index (χ0n) is 12.6. The van der Waals surface area contributed by atoms with Crippen LogP contribution in [0.2, 0.25) is 0 Å². The Morgan fingerprint density at radius 1 is 1.13 bits per heavy atom. The van der Waals surface area contributed by atoms with Gasteiger partial charge < -0.3 is 10.3 Å². The van der Waals surface area contributed by atoms with Gasteiger partial charge in [0.25, 0.3) is 5.69 Å². The maximum Gasteiger partial charge on any atom is 0.269 e. The number of anilines is 1. The molecule has 0 fully saturated rings. The number of nitrogens with zero attached hydrogens (tertiary/aromatic N) is 1. The van der Waals surface area contributed by atoms with Crippen molar-refractivity contribution in [2.45, 2.75) is 25.3 Å². The summed E-state index contributed by atoms with van der Waals surface area (Å²) in [5.41, 5.74) is 4.84. The quantitative estimate of drug-likeness (QED) is 0.550. The van der Waals surface area contributed by atoms with Crippen LogP contribution in [0.5, 0.6) is 0 Å². The molecule has 1 aliphatic carbocycles. The van der Waals surface area contributed by atoms with E-state index in [9.17, 15) is 10.1 Å². The number of para-hydroxylation sites is 1. The first-order valence-corrected chi connectivity index (χ1v) is 7.83. The molecule has 0 amide bonds. The number of rotatable bonds is 3. The van der Waals surface area contributed by atoms with E-state index >= 15 is 0 Å². The molecule has 0 bridgehead atoms. The van der Waals surface area contributed by atoms with E-state index < -0.39 is 0 Å². The number of hydrogen-bond acceptors (Lipinski definition) is 3. The molecule has 0 saturated carbocycles. The molecule has 1 heterocycles. The molecule has 5 nitrogen and oxygen atoms in total. The van der Waals surface area contributed by atoms with Crippen molar-refractivity contribution in [3.05, 3.63) is 69.9 Å². The number of fused-ring (bicyclic) bond motifs is 3. The van der Waals surface area contributed by atoms with Crippen LogP contribution >= 0.6 is 0 Å². The summed E-state index contributed by atoms with van der Waals surface area (Å²) in [5.74, 6) is 0. The minimum atomic E-state index is -0.375. The van der Waals surface area contributed by atoms with Crippen LogP contribution in [0.4, 0.5) is 11.4 Å². The van der Waals surface area contributed by atoms with Crippen molar-refractivity contribution in [3.63, 3.8) is 0 Å². The summed E-state index contributed by atoms with van der Waals surface area (Å²) in [7, 11) is 0. The third-order valence-electron chi connectivity index (χ3n) is 4.53. The average Bonchev–Trinajstić information content (AvgIpc) is 2.95. The smallest absolute Gasteiger partial charge is 0.269 e. The first-order chi connectivity index (χ1) is 11.2. The van der Waals surface area contributed by atoms with E-state index in [0.717, 1.165) is 24.9 Å². The van der Waals surface area contributed by atoms with E-state index in [1.807, 2.05) is 6.07 Å². The van der Waals surface area contributed by atoms with Gasteiger partial charge in [0.05, 0.1) is 11.0 Å². The minimum Gasteiger partial charge on any atom is -0.377 e. The zero-order chi connectivity index (χ0) is 15.8. The standard InChI is InChI=1S/C18H17N3O2/c22-21(23)13-10-8-12(9-11-13)19-17-7-3-5-15-14-4-1-2-6-16(14)20-18(15)17/h1-2,4,6,8-11,17,19-20H,3,5,7H2. The van der Waals surface area contributed by atoms with Gasteiger partial charge in [-0.1, -0.05) is 18.2 Å². The van der Waals surface area contributed by atoms with Crippen LogP contribution in [-0.4, -0.2) is 9.91 Å². The van der Waals surface area contributed by atoms with Crippen molar-refractivity contribution >= 4 is 22.3 Å². The highest BCUT2D eigenvalue weighted by Gasteiger charge is 2.24. The molecule has 1 unspecified atom stereocenters. The number of benzene rings is 2. The molecule has 4 rings (SSSR count). The van der Waals surface area contributed by atoms with Crippen molar-refractivity contribution in [1.82, 2.24) is 4.98 Å². The number of nitro groups is 1. The monoisotopic (exact) mass is 307 g/mol. The number of nitrogens with one attached hydrogen (secondary N) is 2. The van der Waals surface area contributed by atoms with Gasteiger partial charge in [-0.15, -0.1) is 0 Å². The molecule has 0 aliphatic heterocycles. The Balaban J connectivity index is 1.65. The van der Waals surface area contributed by atoms with Gasteiger partial charge in [0.2, 0.25) is 0 Å². The normalized spacial score (nSPS) is 17.0. The van der Waals surface area contributed by atoms with E-state index in [2.05, 4.69) is 28.5 Å². The fourth-order valence-corrected chi connectivity index (χ4v) is 3.44. The molecule has 5 heteroatoms. The van der Waals surface area contributed by atoms with Crippen LogP contribution in [0.3, 0.4) is 0 Å². The lowest BCUT2D eigenvalue weighted by atomic mass is 9.91. The van der Waals surface area contributed by atoms with Gasteiger partial charge in [-0.05, 0) is 43.0 Å². The molecule has 0 radical (unpaired) electrons. The van der Waals surface area contributed by atoms with Gasteiger partial charge in [-0.25, -0.2) is 0 Å². The van der Waals surface area contributed by atoms with Crippen LogP contribution in [0, 0.1) is 10.1 Å². The summed E-state index contributed by atoms with van der Waals surface area (Å²) in [4.78, 5) is 13.9.